The number of fused-ring (bicyclic) bond motifs is 1. The molecular weight excluding hydrogens is 328 g/mol. The van der Waals surface area contributed by atoms with E-state index in [0.717, 1.165) is 20.7 Å². The minimum absolute atomic E-state index is 0.581. The van der Waals surface area contributed by atoms with E-state index in [1.165, 1.54) is 0 Å². The number of anilines is 1. The van der Waals surface area contributed by atoms with Crippen LogP contribution in [-0.4, -0.2) is 14.6 Å². The topological polar surface area (TPSA) is 42.2 Å². The largest absolute Gasteiger partial charge is 0.349 e. The van der Waals surface area contributed by atoms with Crippen LogP contribution in [0.1, 0.15) is 5.56 Å². The quantitative estimate of drug-likeness (QED) is 0.791. The van der Waals surface area contributed by atoms with Crippen molar-refractivity contribution < 1.29 is 0 Å². The average Bonchev–Trinajstić information content (AvgIpc) is 2.79. The Kier molecular flexibility index (Phi) is 3.40. The number of nitrogens with one attached hydrogen (secondary N) is 1. The first-order chi connectivity index (χ1) is 9.22. The zero-order valence-electron chi connectivity index (χ0n) is 9.85. The van der Waals surface area contributed by atoms with Crippen LogP contribution in [0.4, 0.5) is 5.95 Å². The van der Waals surface area contributed by atoms with E-state index in [2.05, 4.69) is 31.3 Å². The third-order valence-corrected chi connectivity index (χ3v) is 3.53. The first-order valence-corrected chi connectivity index (χ1v) is 6.89. The first kappa shape index (κ1) is 12.4. The summed E-state index contributed by atoms with van der Waals surface area (Å²) in [4.78, 5) is 4.38. The van der Waals surface area contributed by atoms with E-state index in [-0.39, 0.29) is 0 Å². The van der Waals surface area contributed by atoms with E-state index in [1.807, 2.05) is 42.6 Å². The molecule has 0 amide bonds. The normalized spacial score (nSPS) is 10.8. The van der Waals surface area contributed by atoms with E-state index in [1.54, 1.807) is 4.52 Å². The summed E-state index contributed by atoms with van der Waals surface area (Å²) in [5.41, 5.74) is 1.81. The number of rotatable bonds is 3. The van der Waals surface area contributed by atoms with Crippen LogP contribution in [-0.2, 0) is 6.54 Å². The van der Waals surface area contributed by atoms with Gasteiger partial charge in [-0.05, 0) is 39.7 Å². The number of nitrogens with zero attached hydrogens (tertiary/aromatic N) is 3. The van der Waals surface area contributed by atoms with Gasteiger partial charge >= 0.3 is 0 Å². The van der Waals surface area contributed by atoms with Crippen molar-refractivity contribution >= 4 is 39.1 Å². The Balaban J connectivity index is 1.80. The van der Waals surface area contributed by atoms with Gasteiger partial charge in [0.1, 0.15) is 0 Å². The molecule has 1 N–H and O–H groups in total. The van der Waals surface area contributed by atoms with Crippen LogP contribution in [0, 0.1) is 0 Å². The van der Waals surface area contributed by atoms with Crippen LogP contribution in [0.3, 0.4) is 0 Å². The van der Waals surface area contributed by atoms with Crippen LogP contribution < -0.4 is 5.32 Å². The highest BCUT2D eigenvalue weighted by Gasteiger charge is 2.04. The molecule has 0 radical (unpaired) electrons. The summed E-state index contributed by atoms with van der Waals surface area (Å²) in [6.07, 6.45) is 1.86. The van der Waals surface area contributed by atoms with Crippen molar-refractivity contribution in [3.05, 3.63) is 57.7 Å². The second-order valence-electron chi connectivity index (χ2n) is 4.03. The number of pyridine rings is 1. The highest BCUT2D eigenvalue weighted by Crippen LogP contribution is 2.16. The number of hydrogen-bond donors (Lipinski definition) is 1. The number of aromatic nitrogens is 3. The Morgan fingerprint density at radius 1 is 1.21 bits per heavy atom. The standard InChI is InChI=1S/C13H10BrClN4/c14-10-5-6-12-17-13(18-19(12)8-10)16-7-9-3-1-2-4-11(9)15/h1-6,8H,7H2,(H,16,18). The molecule has 4 nitrogen and oxygen atoms in total. The lowest BCUT2D eigenvalue weighted by Gasteiger charge is -2.03. The van der Waals surface area contributed by atoms with Crippen LogP contribution in [0.25, 0.3) is 5.65 Å². The number of halogens is 2. The second-order valence-corrected chi connectivity index (χ2v) is 5.35. The molecule has 3 aromatic rings. The summed E-state index contributed by atoms with van der Waals surface area (Å²) in [6.45, 7) is 0.595. The Hall–Kier alpha value is -1.59. The maximum absolute atomic E-state index is 6.10. The van der Waals surface area contributed by atoms with Crippen molar-refractivity contribution in [2.75, 3.05) is 5.32 Å². The van der Waals surface area contributed by atoms with Gasteiger partial charge in [-0.3, -0.25) is 0 Å². The van der Waals surface area contributed by atoms with Crippen LogP contribution in [0.15, 0.2) is 47.1 Å². The van der Waals surface area contributed by atoms with Gasteiger partial charge in [0, 0.05) is 22.2 Å². The monoisotopic (exact) mass is 336 g/mol. The van der Waals surface area contributed by atoms with Crippen molar-refractivity contribution in [2.24, 2.45) is 0 Å². The van der Waals surface area contributed by atoms with E-state index in [0.29, 0.717) is 12.5 Å². The maximum atomic E-state index is 6.10. The lowest BCUT2D eigenvalue weighted by atomic mass is 10.2. The van der Waals surface area contributed by atoms with Crippen molar-refractivity contribution in [1.82, 2.24) is 14.6 Å². The van der Waals surface area contributed by atoms with E-state index < -0.39 is 0 Å². The van der Waals surface area contributed by atoms with Gasteiger partial charge in [0.05, 0.1) is 0 Å². The van der Waals surface area contributed by atoms with Gasteiger partial charge in [-0.25, -0.2) is 4.52 Å². The van der Waals surface area contributed by atoms with Gasteiger partial charge in [-0.2, -0.15) is 4.98 Å². The summed E-state index contributed by atoms with van der Waals surface area (Å²) in [5, 5.41) is 8.25. The zero-order chi connectivity index (χ0) is 13.2. The Morgan fingerprint density at radius 2 is 2.05 bits per heavy atom. The van der Waals surface area contributed by atoms with Gasteiger partial charge < -0.3 is 5.32 Å². The summed E-state index contributed by atoms with van der Waals surface area (Å²) in [6, 6.07) is 11.5. The fourth-order valence-corrected chi connectivity index (χ4v) is 2.28. The third-order valence-electron chi connectivity index (χ3n) is 2.69. The molecule has 19 heavy (non-hydrogen) atoms. The van der Waals surface area contributed by atoms with Gasteiger partial charge in [-0.1, -0.05) is 29.8 Å². The fraction of sp³-hybridized carbons (Fsp3) is 0.0769. The minimum atomic E-state index is 0.581. The number of hydrogen-bond acceptors (Lipinski definition) is 3. The molecule has 0 aliphatic carbocycles. The summed E-state index contributed by atoms with van der Waals surface area (Å²) in [5.74, 6) is 0.581. The molecule has 96 valence electrons. The van der Waals surface area contributed by atoms with Crippen LogP contribution >= 0.6 is 27.5 Å². The van der Waals surface area contributed by atoms with Crippen molar-refractivity contribution in [3.8, 4) is 0 Å². The molecule has 1 aromatic carbocycles. The molecule has 6 heteroatoms. The summed E-state index contributed by atoms with van der Waals surface area (Å²) >= 11 is 9.50. The van der Waals surface area contributed by atoms with E-state index in [9.17, 15) is 0 Å². The molecule has 0 atom stereocenters. The zero-order valence-corrected chi connectivity index (χ0v) is 12.2. The highest BCUT2D eigenvalue weighted by molar-refractivity contribution is 9.10. The van der Waals surface area contributed by atoms with Crippen molar-refractivity contribution in [2.45, 2.75) is 6.54 Å². The van der Waals surface area contributed by atoms with E-state index in [4.69, 9.17) is 11.6 Å². The highest BCUT2D eigenvalue weighted by atomic mass is 79.9. The molecule has 0 saturated heterocycles. The van der Waals surface area contributed by atoms with Crippen molar-refractivity contribution in [1.29, 1.82) is 0 Å². The Morgan fingerprint density at radius 3 is 2.89 bits per heavy atom. The van der Waals surface area contributed by atoms with Gasteiger partial charge in [0.25, 0.3) is 0 Å². The lowest BCUT2D eigenvalue weighted by molar-refractivity contribution is 0.946. The Labute approximate surface area is 123 Å². The second kappa shape index (κ2) is 5.19. The molecule has 0 spiro atoms. The molecular formula is C13H10BrClN4. The summed E-state index contributed by atoms with van der Waals surface area (Å²) in [7, 11) is 0. The third kappa shape index (κ3) is 2.72. The van der Waals surface area contributed by atoms with Crippen LogP contribution in [0.2, 0.25) is 5.02 Å². The maximum Gasteiger partial charge on any atom is 0.243 e. The van der Waals surface area contributed by atoms with E-state index >= 15 is 0 Å². The van der Waals surface area contributed by atoms with Crippen molar-refractivity contribution in [3.63, 3.8) is 0 Å². The molecule has 0 bridgehead atoms. The molecule has 0 fully saturated rings. The molecule has 2 heterocycles. The van der Waals surface area contributed by atoms with Crippen LogP contribution in [0.5, 0.6) is 0 Å². The summed E-state index contributed by atoms with van der Waals surface area (Å²) < 4.78 is 2.68. The predicted octanol–water partition coefficient (Wildman–Crippen LogP) is 3.76. The lowest BCUT2D eigenvalue weighted by Crippen LogP contribution is -2.01. The molecule has 0 saturated carbocycles. The minimum Gasteiger partial charge on any atom is -0.349 e. The SMILES string of the molecule is Clc1ccccc1CNc1nc2ccc(Br)cn2n1. The molecule has 3 rings (SSSR count). The van der Waals surface area contributed by atoms with Gasteiger partial charge in [-0.15, -0.1) is 5.10 Å². The van der Waals surface area contributed by atoms with Gasteiger partial charge in [0.2, 0.25) is 5.95 Å². The molecule has 0 aliphatic rings. The molecule has 0 unspecified atom stereocenters. The fourth-order valence-electron chi connectivity index (χ4n) is 1.75. The number of benzene rings is 1. The Bertz CT molecular complexity index is 725. The predicted molar refractivity (Wildman–Crippen MR) is 79.5 cm³/mol. The smallest absolute Gasteiger partial charge is 0.243 e. The first-order valence-electron chi connectivity index (χ1n) is 5.71. The average molecular weight is 338 g/mol. The molecule has 0 aliphatic heterocycles. The molecule has 2 aromatic heterocycles. The van der Waals surface area contributed by atoms with Gasteiger partial charge in [0.15, 0.2) is 5.65 Å².